The average Bonchev–Trinajstić information content (AvgIpc) is 2.42. The summed E-state index contributed by atoms with van der Waals surface area (Å²) in [5.74, 6) is -4.00. The van der Waals surface area contributed by atoms with Crippen LogP contribution in [0.3, 0.4) is 0 Å². The molecular formula is C14H11F3N2O. The summed E-state index contributed by atoms with van der Waals surface area (Å²) in [4.78, 5) is 11.6. The van der Waals surface area contributed by atoms with Crippen LogP contribution in [0.5, 0.6) is 0 Å². The Labute approximate surface area is 113 Å². The largest absolute Gasteiger partial charge is 0.376 e. The number of para-hydroxylation sites is 1. The first-order valence-electron chi connectivity index (χ1n) is 5.79. The van der Waals surface area contributed by atoms with E-state index in [0.29, 0.717) is 17.8 Å². The van der Waals surface area contributed by atoms with Crippen molar-refractivity contribution in [2.24, 2.45) is 0 Å². The number of halogens is 3. The standard InChI is InChI=1S/C14H11F3N2O/c15-9-6-11(16)14(12(17)7-9)19-13(20)8-18-10-4-2-1-3-5-10/h1-7,18H,8H2,(H,19,20). The molecule has 6 heteroatoms. The second-order valence-electron chi connectivity index (χ2n) is 4.01. The molecule has 0 aliphatic carbocycles. The minimum atomic E-state index is -1.16. The number of amides is 1. The van der Waals surface area contributed by atoms with Crippen molar-refractivity contribution in [3.05, 3.63) is 59.9 Å². The van der Waals surface area contributed by atoms with E-state index in [2.05, 4.69) is 10.6 Å². The van der Waals surface area contributed by atoms with E-state index in [4.69, 9.17) is 0 Å². The van der Waals surface area contributed by atoms with Gasteiger partial charge in [0.1, 0.15) is 11.5 Å². The maximum atomic E-state index is 13.3. The lowest BCUT2D eigenvalue weighted by Crippen LogP contribution is -2.23. The fourth-order valence-corrected chi connectivity index (χ4v) is 1.58. The third-order valence-electron chi connectivity index (χ3n) is 2.50. The van der Waals surface area contributed by atoms with Crippen molar-refractivity contribution in [2.45, 2.75) is 0 Å². The van der Waals surface area contributed by atoms with Gasteiger partial charge in [-0.1, -0.05) is 18.2 Å². The maximum Gasteiger partial charge on any atom is 0.243 e. The lowest BCUT2D eigenvalue weighted by molar-refractivity contribution is -0.114. The molecule has 0 saturated heterocycles. The van der Waals surface area contributed by atoms with Crippen molar-refractivity contribution in [2.75, 3.05) is 17.2 Å². The molecule has 0 spiro atoms. The molecule has 20 heavy (non-hydrogen) atoms. The van der Waals surface area contributed by atoms with E-state index >= 15 is 0 Å². The van der Waals surface area contributed by atoms with Crippen molar-refractivity contribution in [3.8, 4) is 0 Å². The molecule has 0 radical (unpaired) electrons. The summed E-state index contributed by atoms with van der Waals surface area (Å²) in [6, 6.07) is 9.86. The molecule has 2 aromatic rings. The Hall–Kier alpha value is -2.50. The molecule has 3 nitrogen and oxygen atoms in total. The smallest absolute Gasteiger partial charge is 0.243 e. The van der Waals surface area contributed by atoms with Gasteiger partial charge in [0.15, 0.2) is 11.6 Å². The molecule has 0 aromatic heterocycles. The summed E-state index contributed by atoms with van der Waals surface area (Å²) < 4.78 is 39.3. The minimum absolute atomic E-state index is 0.166. The van der Waals surface area contributed by atoms with E-state index in [0.717, 1.165) is 0 Å². The average molecular weight is 280 g/mol. The van der Waals surface area contributed by atoms with Gasteiger partial charge in [-0.3, -0.25) is 4.79 Å². The number of benzene rings is 2. The van der Waals surface area contributed by atoms with Gasteiger partial charge in [0.2, 0.25) is 5.91 Å². The number of carbonyl (C=O) groups excluding carboxylic acids is 1. The zero-order chi connectivity index (χ0) is 14.5. The minimum Gasteiger partial charge on any atom is -0.376 e. The van der Waals surface area contributed by atoms with Crippen LogP contribution in [0.1, 0.15) is 0 Å². The van der Waals surface area contributed by atoms with E-state index in [-0.39, 0.29) is 6.54 Å². The zero-order valence-corrected chi connectivity index (χ0v) is 10.3. The first-order chi connectivity index (χ1) is 9.56. The van der Waals surface area contributed by atoms with Gasteiger partial charge in [-0.25, -0.2) is 13.2 Å². The highest BCUT2D eigenvalue weighted by atomic mass is 19.1. The predicted octanol–water partition coefficient (Wildman–Crippen LogP) is 3.15. The zero-order valence-electron chi connectivity index (χ0n) is 10.3. The molecule has 0 aliphatic heterocycles. The number of carbonyl (C=O) groups is 1. The summed E-state index contributed by atoms with van der Waals surface area (Å²) in [6.45, 7) is -0.166. The summed E-state index contributed by atoms with van der Waals surface area (Å²) in [6.07, 6.45) is 0. The van der Waals surface area contributed by atoms with Crippen molar-refractivity contribution in [3.63, 3.8) is 0 Å². The van der Waals surface area contributed by atoms with Gasteiger partial charge in [-0.2, -0.15) is 0 Å². The molecule has 0 saturated carbocycles. The van der Waals surface area contributed by atoms with Crippen LogP contribution in [0, 0.1) is 17.5 Å². The second kappa shape index (κ2) is 6.10. The number of anilines is 2. The van der Waals surface area contributed by atoms with Crippen molar-refractivity contribution >= 4 is 17.3 Å². The van der Waals surface area contributed by atoms with Gasteiger partial charge >= 0.3 is 0 Å². The molecule has 0 bridgehead atoms. The van der Waals surface area contributed by atoms with Crippen molar-refractivity contribution in [1.82, 2.24) is 0 Å². The molecular weight excluding hydrogens is 269 g/mol. The van der Waals surface area contributed by atoms with Crippen LogP contribution in [-0.2, 0) is 4.79 Å². The Balaban J connectivity index is 1.98. The highest BCUT2D eigenvalue weighted by Gasteiger charge is 2.14. The lowest BCUT2D eigenvalue weighted by Gasteiger charge is -2.09. The van der Waals surface area contributed by atoms with Gasteiger partial charge in [0.25, 0.3) is 0 Å². The summed E-state index contributed by atoms with van der Waals surface area (Å²) in [7, 11) is 0. The fraction of sp³-hybridized carbons (Fsp3) is 0.0714. The Bertz CT molecular complexity index is 594. The molecule has 0 unspecified atom stereocenters. The van der Waals surface area contributed by atoms with Crippen molar-refractivity contribution < 1.29 is 18.0 Å². The van der Waals surface area contributed by atoms with Gasteiger partial charge in [-0.15, -0.1) is 0 Å². The maximum absolute atomic E-state index is 13.3. The van der Waals surface area contributed by atoms with Crippen molar-refractivity contribution in [1.29, 1.82) is 0 Å². The first kappa shape index (κ1) is 13.9. The van der Waals surface area contributed by atoms with Crippen LogP contribution < -0.4 is 10.6 Å². The molecule has 2 rings (SSSR count). The van der Waals surface area contributed by atoms with Crippen LogP contribution in [-0.4, -0.2) is 12.5 Å². The predicted molar refractivity (Wildman–Crippen MR) is 69.9 cm³/mol. The van der Waals surface area contributed by atoms with Crippen LogP contribution in [0.2, 0.25) is 0 Å². The van der Waals surface area contributed by atoms with E-state index in [9.17, 15) is 18.0 Å². The monoisotopic (exact) mass is 280 g/mol. The SMILES string of the molecule is O=C(CNc1ccccc1)Nc1c(F)cc(F)cc1F. The lowest BCUT2D eigenvalue weighted by atomic mass is 10.2. The molecule has 0 atom stereocenters. The van der Waals surface area contributed by atoms with E-state index in [1.54, 1.807) is 24.3 Å². The van der Waals surface area contributed by atoms with Crippen LogP contribution in [0.25, 0.3) is 0 Å². The number of rotatable bonds is 4. The summed E-state index contributed by atoms with van der Waals surface area (Å²) in [5.41, 5.74) is 0.0361. The summed E-state index contributed by atoms with van der Waals surface area (Å²) >= 11 is 0. The van der Waals surface area contributed by atoms with Gasteiger partial charge in [0, 0.05) is 17.8 Å². The normalized spacial score (nSPS) is 10.2. The molecule has 1 amide bonds. The van der Waals surface area contributed by atoms with Gasteiger partial charge < -0.3 is 10.6 Å². The van der Waals surface area contributed by atoms with Gasteiger partial charge in [0.05, 0.1) is 6.54 Å². The quantitative estimate of drug-likeness (QED) is 0.903. The highest BCUT2D eigenvalue weighted by molar-refractivity contribution is 5.93. The summed E-state index contributed by atoms with van der Waals surface area (Å²) in [5, 5.41) is 4.84. The molecule has 2 N–H and O–H groups in total. The molecule has 0 aliphatic rings. The van der Waals surface area contributed by atoms with E-state index in [1.807, 2.05) is 6.07 Å². The third kappa shape index (κ3) is 3.50. The van der Waals surface area contributed by atoms with Crippen LogP contribution in [0.4, 0.5) is 24.5 Å². The molecule has 0 fully saturated rings. The van der Waals surface area contributed by atoms with E-state index in [1.165, 1.54) is 0 Å². The van der Waals surface area contributed by atoms with Crippen LogP contribution >= 0.6 is 0 Å². The van der Waals surface area contributed by atoms with Gasteiger partial charge in [-0.05, 0) is 12.1 Å². The second-order valence-corrected chi connectivity index (χ2v) is 4.01. The Morgan fingerprint density at radius 1 is 1.00 bits per heavy atom. The number of nitrogens with one attached hydrogen (secondary N) is 2. The Kier molecular flexibility index (Phi) is 4.24. The van der Waals surface area contributed by atoms with Crippen LogP contribution in [0.15, 0.2) is 42.5 Å². The number of hydrogen-bond donors (Lipinski definition) is 2. The third-order valence-corrected chi connectivity index (χ3v) is 2.50. The molecule has 104 valence electrons. The molecule has 0 heterocycles. The first-order valence-corrected chi connectivity index (χ1v) is 5.79. The van der Waals surface area contributed by atoms with E-state index < -0.39 is 29.0 Å². The Morgan fingerprint density at radius 3 is 2.20 bits per heavy atom. The Morgan fingerprint density at radius 2 is 1.60 bits per heavy atom. The fourth-order valence-electron chi connectivity index (χ4n) is 1.58. The molecule has 2 aromatic carbocycles. The number of hydrogen-bond acceptors (Lipinski definition) is 2. The highest BCUT2D eigenvalue weighted by Crippen LogP contribution is 2.20. The topological polar surface area (TPSA) is 41.1 Å².